The highest BCUT2D eigenvalue weighted by atomic mass is 28.2. The van der Waals surface area contributed by atoms with Gasteiger partial charge < -0.3 is 4.90 Å². The topological polar surface area (TPSA) is 3.24 Å². The Morgan fingerprint density at radius 1 is 1.22 bits per heavy atom. The summed E-state index contributed by atoms with van der Waals surface area (Å²) in [6, 6.07) is 3.04. The monoisotopic (exact) mass is 145 g/mol. The second-order valence-electron chi connectivity index (χ2n) is 2.86. The molecule has 1 nitrogen and oxygen atoms in total. The van der Waals surface area contributed by atoms with Crippen LogP contribution in [0.3, 0.4) is 0 Å². The van der Waals surface area contributed by atoms with Gasteiger partial charge >= 0.3 is 0 Å². The smallest absolute Gasteiger partial charge is 0.0212 e. The van der Waals surface area contributed by atoms with Crippen LogP contribution < -0.4 is 0 Å². The Morgan fingerprint density at radius 2 is 1.89 bits per heavy atom. The lowest BCUT2D eigenvalue weighted by molar-refractivity contribution is 0.433. The molecule has 0 N–H and O–H groups in total. The first kappa shape index (κ1) is 9.18. The van der Waals surface area contributed by atoms with Gasteiger partial charge in [-0.15, -0.1) is 0 Å². The van der Waals surface area contributed by atoms with E-state index in [-0.39, 0.29) is 0 Å². The second kappa shape index (κ2) is 6.30. The van der Waals surface area contributed by atoms with Crippen LogP contribution in [-0.2, 0) is 0 Å². The molecule has 0 bridgehead atoms. The van der Waals surface area contributed by atoms with Gasteiger partial charge in [-0.25, -0.2) is 0 Å². The number of nitrogens with zero attached hydrogens (tertiary/aromatic N) is 1. The molecule has 2 heteroatoms. The minimum Gasteiger partial charge on any atom is -0.310 e. The number of rotatable bonds is 5. The molecule has 0 amide bonds. The van der Waals surface area contributed by atoms with Crippen LogP contribution in [0, 0.1) is 0 Å². The van der Waals surface area contributed by atoms with E-state index in [0.717, 1.165) is 0 Å². The predicted octanol–water partition coefficient (Wildman–Crippen LogP) is 0.963. The van der Waals surface area contributed by atoms with Crippen LogP contribution in [0.1, 0.15) is 13.3 Å². The summed E-state index contributed by atoms with van der Waals surface area (Å²) in [7, 11) is 4.63. The molecule has 0 rings (SSSR count). The van der Waals surface area contributed by atoms with Crippen molar-refractivity contribution in [1.82, 2.24) is 4.90 Å². The maximum absolute atomic E-state index is 2.28. The van der Waals surface area contributed by atoms with Gasteiger partial charge in [0.2, 0.25) is 0 Å². The SMILES string of the molecule is CCC[SiH2]CCN(C)C. The molecule has 0 atom stereocenters. The standard InChI is InChI=1S/C7H19NSi/c1-4-6-9-7-5-8(2)3/h4-7,9H2,1-3H3. The van der Waals surface area contributed by atoms with Crippen molar-refractivity contribution in [2.75, 3.05) is 20.6 Å². The molecule has 0 aromatic heterocycles. The van der Waals surface area contributed by atoms with Crippen LogP contribution in [0.15, 0.2) is 0 Å². The summed E-state index contributed by atoms with van der Waals surface area (Å²) in [5.74, 6) is 0. The molecule has 0 aliphatic rings. The summed E-state index contributed by atoms with van der Waals surface area (Å²) in [5.41, 5.74) is 0. The van der Waals surface area contributed by atoms with Gasteiger partial charge in [-0.05, 0) is 20.6 Å². The van der Waals surface area contributed by atoms with E-state index in [0.29, 0.717) is 9.52 Å². The zero-order chi connectivity index (χ0) is 7.11. The zero-order valence-corrected chi connectivity index (χ0v) is 8.40. The minimum atomic E-state index is 0.327. The van der Waals surface area contributed by atoms with Crippen molar-refractivity contribution in [1.29, 1.82) is 0 Å². The van der Waals surface area contributed by atoms with Crippen molar-refractivity contribution in [2.24, 2.45) is 0 Å². The first-order chi connectivity index (χ1) is 4.27. The summed E-state index contributed by atoms with van der Waals surface area (Å²) in [6.45, 7) is 3.59. The maximum Gasteiger partial charge on any atom is 0.0212 e. The lowest BCUT2D eigenvalue weighted by atomic mass is 10.6. The quantitative estimate of drug-likeness (QED) is 0.411. The molecule has 0 spiro atoms. The van der Waals surface area contributed by atoms with Crippen LogP contribution in [0.5, 0.6) is 0 Å². The third kappa shape index (κ3) is 8.18. The van der Waals surface area contributed by atoms with E-state index < -0.39 is 0 Å². The lowest BCUT2D eigenvalue weighted by Crippen LogP contribution is -2.14. The minimum absolute atomic E-state index is 0.327. The molecule has 0 aliphatic carbocycles. The molecule has 0 radical (unpaired) electrons. The zero-order valence-electron chi connectivity index (χ0n) is 6.98. The Labute approximate surface area is 61.3 Å². The third-order valence-corrected chi connectivity index (χ3v) is 3.48. The largest absolute Gasteiger partial charge is 0.310 e. The third-order valence-electron chi connectivity index (χ3n) is 1.46. The van der Waals surface area contributed by atoms with Gasteiger partial charge in [0.05, 0.1) is 0 Å². The lowest BCUT2D eigenvalue weighted by Gasteiger charge is -2.07. The van der Waals surface area contributed by atoms with E-state index in [9.17, 15) is 0 Å². The summed E-state index contributed by atoms with van der Waals surface area (Å²) < 4.78 is 0. The molecule has 0 aromatic carbocycles. The predicted molar refractivity (Wildman–Crippen MR) is 47.0 cm³/mol. The van der Waals surface area contributed by atoms with Crippen molar-refractivity contribution < 1.29 is 0 Å². The fourth-order valence-electron chi connectivity index (χ4n) is 0.855. The van der Waals surface area contributed by atoms with Gasteiger partial charge in [-0.2, -0.15) is 0 Å². The van der Waals surface area contributed by atoms with Crippen LogP contribution in [-0.4, -0.2) is 35.1 Å². The Balaban J connectivity index is 2.75. The fraction of sp³-hybridized carbons (Fsp3) is 1.00. The van der Waals surface area contributed by atoms with Gasteiger partial charge in [-0.3, -0.25) is 0 Å². The highest BCUT2D eigenvalue weighted by molar-refractivity contribution is 6.35. The van der Waals surface area contributed by atoms with Crippen molar-refractivity contribution in [3.63, 3.8) is 0 Å². The average Bonchev–Trinajstić information content (AvgIpc) is 1.80. The van der Waals surface area contributed by atoms with Crippen LogP contribution in [0.25, 0.3) is 0 Å². The van der Waals surface area contributed by atoms with Gasteiger partial charge in [0.25, 0.3) is 0 Å². The maximum atomic E-state index is 2.28. The van der Waals surface area contributed by atoms with Crippen molar-refractivity contribution in [3.8, 4) is 0 Å². The molecule has 56 valence electrons. The Morgan fingerprint density at radius 3 is 2.33 bits per heavy atom. The second-order valence-corrected chi connectivity index (χ2v) is 4.99. The molecule has 0 fully saturated rings. The van der Waals surface area contributed by atoms with Crippen molar-refractivity contribution >= 4 is 9.52 Å². The highest BCUT2D eigenvalue weighted by Gasteiger charge is 1.89. The molecule has 9 heavy (non-hydrogen) atoms. The molecule has 0 heterocycles. The Kier molecular flexibility index (Phi) is 6.42. The summed E-state index contributed by atoms with van der Waals surface area (Å²) in [6.07, 6.45) is 1.40. The Bertz CT molecular complexity index is 54.9. The normalized spacial score (nSPS) is 12.0. The average molecular weight is 145 g/mol. The van der Waals surface area contributed by atoms with E-state index in [1.807, 2.05) is 0 Å². The molecular weight excluding hydrogens is 126 g/mol. The van der Waals surface area contributed by atoms with Crippen LogP contribution >= 0.6 is 0 Å². The summed E-state index contributed by atoms with van der Waals surface area (Å²) >= 11 is 0. The molecule has 0 aromatic rings. The van der Waals surface area contributed by atoms with Crippen molar-refractivity contribution in [2.45, 2.75) is 25.4 Å². The molecule has 0 aliphatic heterocycles. The van der Waals surface area contributed by atoms with E-state index in [1.165, 1.54) is 25.1 Å². The van der Waals surface area contributed by atoms with E-state index in [2.05, 4.69) is 25.9 Å². The van der Waals surface area contributed by atoms with Crippen LogP contribution in [0.4, 0.5) is 0 Å². The van der Waals surface area contributed by atoms with Gasteiger partial charge in [0.1, 0.15) is 0 Å². The van der Waals surface area contributed by atoms with E-state index >= 15 is 0 Å². The number of hydrogen-bond acceptors (Lipinski definition) is 1. The van der Waals surface area contributed by atoms with Gasteiger partial charge in [0, 0.05) is 9.52 Å². The molecule has 0 unspecified atom stereocenters. The summed E-state index contributed by atoms with van der Waals surface area (Å²) in [4.78, 5) is 2.28. The van der Waals surface area contributed by atoms with Crippen LogP contribution in [0.2, 0.25) is 12.1 Å². The van der Waals surface area contributed by atoms with E-state index in [1.54, 1.807) is 0 Å². The van der Waals surface area contributed by atoms with Crippen molar-refractivity contribution in [3.05, 3.63) is 0 Å². The van der Waals surface area contributed by atoms with Gasteiger partial charge in [0.15, 0.2) is 0 Å². The highest BCUT2D eigenvalue weighted by Crippen LogP contribution is 1.90. The molecular formula is C7H19NSi. The molecule has 0 saturated carbocycles. The van der Waals surface area contributed by atoms with Gasteiger partial charge in [-0.1, -0.05) is 25.4 Å². The number of hydrogen-bond donors (Lipinski definition) is 0. The molecule has 0 saturated heterocycles. The Hall–Kier alpha value is 0.177. The fourth-order valence-corrected chi connectivity index (χ4v) is 2.56. The first-order valence-electron chi connectivity index (χ1n) is 3.92. The van der Waals surface area contributed by atoms with E-state index in [4.69, 9.17) is 0 Å². The first-order valence-corrected chi connectivity index (χ1v) is 5.92. The summed E-state index contributed by atoms with van der Waals surface area (Å²) in [5, 5.41) is 0.